The summed E-state index contributed by atoms with van der Waals surface area (Å²) < 4.78 is 33.7. The van der Waals surface area contributed by atoms with Gasteiger partial charge in [-0.3, -0.25) is 0 Å². The molecular weight excluding hydrogens is 402 g/mol. The SMILES string of the molecule is CC(F)(CF)C1Oc2c(Br)cc(Br)cc2C=C1C(=O)O. The van der Waals surface area contributed by atoms with Crippen LogP contribution in [0, 0.1) is 0 Å². The summed E-state index contributed by atoms with van der Waals surface area (Å²) in [4.78, 5) is 11.2. The van der Waals surface area contributed by atoms with E-state index in [1.54, 1.807) is 12.1 Å². The van der Waals surface area contributed by atoms with E-state index >= 15 is 0 Å². The smallest absolute Gasteiger partial charge is 0.335 e. The van der Waals surface area contributed by atoms with E-state index in [4.69, 9.17) is 4.74 Å². The summed E-state index contributed by atoms with van der Waals surface area (Å²) in [6.45, 7) is -0.363. The van der Waals surface area contributed by atoms with Crippen molar-refractivity contribution in [3.05, 3.63) is 32.2 Å². The zero-order valence-electron chi connectivity index (χ0n) is 10.3. The lowest BCUT2D eigenvalue weighted by Crippen LogP contribution is -2.45. The van der Waals surface area contributed by atoms with E-state index in [0.29, 0.717) is 20.3 Å². The van der Waals surface area contributed by atoms with Crippen molar-refractivity contribution in [2.45, 2.75) is 18.7 Å². The second-order valence-corrected chi connectivity index (χ2v) is 6.39. The topological polar surface area (TPSA) is 46.5 Å². The van der Waals surface area contributed by atoms with Gasteiger partial charge in [0.2, 0.25) is 0 Å². The molecule has 3 nitrogen and oxygen atoms in total. The van der Waals surface area contributed by atoms with E-state index in [9.17, 15) is 18.7 Å². The first-order chi connectivity index (χ1) is 9.26. The van der Waals surface area contributed by atoms with Gasteiger partial charge in [0, 0.05) is 10.0 Å². The first kappa shape index (κ1) is 15.4. The van der Waals surface area contributed by atoms with E-state index < -0.39 is 24.4 Å². The minimum Gasteiger partial charge on any atom is -0.480 e. The van der Waals surface area contributed by atoms with Crippen LogP contribution >= 0.6 is 31.9 Å². The van der Waals surface area contributed by atoms with E-state index in [0.717, 1.165) is 6.92 Å². The molecule has 108 valence electrons. The van der Waals surface area contributed by atoms with Crippen LogP contribution in [0.5, 0.6) is 5.75 Å². The number of halogens is 4. The van der Waals surface area contributed by atoms with Gasteiger partial charge < -0.3 is 9.84 Å². The first-order valence-electron chi connectivity index (χ1n) is 5.61. The summed E-state index contributed by atoms with van der Waals surface area (Å²) in [5.74, 6) is -1.05. The average molecular weight is 412 g/mol. The number of hydrogen-bond donors (Lipinski definition) is 1. The Labute approximate surface area is 130 Å². The van der Waals surface area contributed by atoms with Gasteiger partial charge in [0.1, 0.15) is 12.4 Å². The Hall–Kier alpha value is -0.950. The van der Waals surface area contributed by atoms with Gasteiger partial charge in [-0.25, -0.2) is 13.6 Å². The Bertz CT molecular complexity index is 600. The van der Waals surface area contributed by atoms with Gasteiger partial charge in [-0.15, -0.1) is 0 Å². The fourth-order valence-electron chi connectivity index (χ4n) is 1.93. The van der Waals surface area contributed by atoms with Crippen LogP contribution in [0.2, 0.25) is 0 Å². The molecule has 2 atom stereocenters. The molecule has 0 spiro atoms. The summed E-state index contributed by atoms with van der Waals surface area (Å²) in [6.07, 6.45) is -0.204. The number of rotatable bonds is 3. The predicted molar refractivity (Wildman–Crippen MR) is 77.4 cm³/mol. The van der Waals surface area contributed by atoms with E-state index in [1.807, 2.05) is 0 Å². The van der Waals surface area contributed by atoms with Gasteiger partial charge in [-0.2, -0.15) is 0 Å². The molecule has 0 saturated carbocycles. The standard InChI is InChI=1S/C13H10Br2F2O3/c1-13(17,5-16)11-8(12(18)19)3-6-2-7(14)4-9(15)10(6)20-11/h2-4,11H,5H2,1H3,(H,18,19). The maximum absolute atomic E-state index is 14.2. The number of carboxylic acid groups (broad SMARTS) is 1. The molecule has 0 fully saturated rings. The van der Waals surface area contributed by atoms with Gasteiger partial charge in [-0.05, 0) is 41.1 Å². The van der Waals surface area contributed by atoms with Gasteiger partial charge in [0.15, 0.2) is 11.8 Å². The highest BCUT2D eigenvalue weighted by molar-refractivity contribution is 9.11. The number of carbonyl (C=O) groups is 1. The number of fused-ring (bicyclic) bond motifs is 1. The summed E-state index contributed by atoms with van der Waals surface area (Å²) in [7, 11) is 0. The average Bonchev–Trinajstić information content (AvgIpc) is 2.37. The number of benzene rings is 1. The van der Waals surface area contributed by atoms with E-state index in [1.165, 1.54) is 6.08 Å². The normalized spacial score (nSPS) is 20.4. The minimum atomic E-state index is -2.42. The van der Waals surface area contributed by atoms with Crippen LogP contribution in [0.1, 0.15) is 12.5 Å². The Morgan fingerprint density at radius 1 is 1.50 bits per heavy atom. The van der Waals surface area contributed by atoms with Crippen molar-refractivity contribution in [2.75, 3.05) is 6.67 Å². The molecule has 0 aromatic heterocycles. The third kappa shape index (κ3) is 2.74. The fraction of sp³-hybridized carbons (Fsp3) is 0.308. The van der Waals surface area contributed by atoms with Crippen molar-refractivity contribution in [1.82, 2.24) is 0 Å². The van der Waals surface area contributed by atoms with E-state index in [2.05, 4.69) is 31.9 Å². The Kier molecular flexibility index (Phi) is 4.20. The van der Waals surface area contributed by atoms with Crippen LogP contribution in [-0.2, 0) is 4.79 Å². The number of ether oxygens (including phenoxy) is 1. The molecule has 1 aliphatic rings. The van der Waals surface area contributed by atoms with Crippen molar-refractivity contribution in [3.8, 4) is 5.75 Å². The highest BCUT2D eigenvalue weighted by Gasteiger charge is 2.44. The fourth-order valence-corrected chi connectivity index (χ4v) is 3.28. The molecule has 0 saturated heterocycles. The lowest BCUT2D eigenvalue weighted by atomic mass is 9.91. The van der Waals surface area contributed by atoms with Crippen molar-refractivity contribution >= 4 is 43.9 Å². The third-order valence-corrected chi connectivity index (χ3v) is 3.97. The lowest BCUT2D eigenvalue weighted by molar-refractivity contribution is -0.134. The van der Waals surface area contributed by atoms with Crippen LogP contribution in [0.25, 0.3) is 6.08 Å². The molecule has 0 radical (unpaired) electrons. The molecule has 1 aromatic carbocycles. The van der Waals surface area contributed by atoms with Crippen LogP contribution in [0.3, 0.4) is 0 Å². The molecule has 1 N–H and O–H groups in total. The van der Waals surface area contributed by atoms with Gasteiger partial charge in [-0.1, -0.05) is 15.9 Å². The van der Waals surface area contributed by atoms with Gasteiger partial charge >= 0.3 is 5.97 Å². The van der Waals surface area contributed by atoms with Crippen LogP contribution in [0.4, 0.5) is 8.78 Å². The number of alkyl halides is 2. The van der Waals surface area contributed by atoms with Gasteiger partial charge in [0.25, 0.3) is 0 Å². The number of aliphatic carboxylic acids is 1. The van der Waals surface area contributed by atoms with Crippen LogP contribution < -0.4 is 4.74 Å². The van der Waals surface area contributed by atoms with Crippen molar-refractivity contribution in [1.29, 1.82) is 0 Å². The second kappa shape index (κ2) is 5.44. The largest absolute Gasteiger partial charge is 0.480 e. The van der Waals surface area contributed by atoms with Gasteiger partial charge in [0.05, 0.1) is 10.0 Å². The Morgan fingerprint density at radius 3 is 2.70 bits per heavy atom. The number of carboxylic acids is 1. The molecule has 1 aromatic rings. The van der Waals surface area contributed by atoms with E-state index in [-0.39, 0.29) is 5.57 Å². The summed E-state index contributed by atoms with van der Waals surface area (Å²) in [5, 5.41) is 9.17. The molecule has 0 bridgehead atoms. The monoisotopic (exact) mass is 410 g/mol. The third-order valence-electron chi connectivity index (χ3n) is 2.92. The maximum Gasteiger partial charge on any atom is 0.335 e. The van der Waals surface area contributed by atoms with Crippen LogP contribution in [-0.4, -0.2) is 29.5 Å². The van der Waals surface area contributed by atoms with Crippen molar-refractivity contribution < 1.29 is 23.4 Å². The Balaban J connectivity index is 2.59. The Morgan fingerprint density at radius 2 is 2.15 bits per heavy atom. The van der Waals surface area contributed by atoms with Crippen molar-refractivity contribution in [2.24, 2.45) is 0 Å². The maximum atomic E-state index is 14.2. The molecular formula is C13H10Br2F2O3. The molecule has 1 heterocycles. The molecule has 2 rings (SSSR count). The number of hydrogen-bond acceptors (Lipinski definition) is 2. The van der Waals surface area contributed by atoms with Crippen molar-refractivity contribution in [3.63, 3.8) is 0 Å². The quantitative estimate of drug-likeness (QED) is 0.813. The highest BCUT2D eigenvalue weighted by Crippen LogP contribution is 2.41. The minimum absolute atomic E-state index is 0.292. The molecule has 0 aliphatic carbocycles. The molecule has 2 unspecified atom stereocenters. The second-order valence-electron chi connectivity index (χ2n) is 4.62. The molecule has 7 heteroatoms. The zero-order valence-corrected chi connectivity index (χ0v) is 13.5. The van der Waals surface area contributed by atoms with Crippen LogP contribution in [0.15, 0.2) is 26.7 Å². The molecule has 20 heavy (non-hydrogen) atoms. The lowest BCUT2D eigenvalue weighted by Gasteiger charge is -2.33. The summed E-state index contributed by atoms with van der Waals surface area (Å²) >= 11 is 6.53. The molecule has 0 amide bonds. The predicted octanol–water partition coefficient (Wildman–Crippen LogP) is 4.14. The molecule has 1 aliphatic heterocycles. The summed E-state index contributed by atoms with van der Waals surface area (Å²) in [5.41, 5.74) is -2.26. The zero-order chi connectivity index (χ0) is 15.1. The first-order valence-corrected chi connectivity index (χ1v) is 7.20. The highest BCUT2D eigenvalue weighted by atomic mass is 79.9. The summed E-state index contributed by atoms with van der Waals surface area (Å²) in [6, 6.07) is 3.32.